The SMILES string of the molecule is Cc1ccc(C(=O)Nc2cc([C@H]3CC[C@@H](OC(=O)NC4(CC(F)(F)F)CC4)C3)[nH]n2)cn1. The molecule has 0 aromatic carbocycles. The van der Waals surface area contributed by atoms with Gasteiger partial charge in [0.05, 0.1) is 17.5 Å². The number of carbonyl (C=O) groups is 2. The molecule has 0 radical (unpaired) electrons. The first kappa shape index (κ1) is 22.1. The van der Waals surface area contributed by atoms with E-state index in [-0.39, 0.29) is 17.9 Å². The minimum Gasteiger partial charge on any atom is -0.446 e. The van der Waals surface area contributed by atoms with E-state index in [1.54, 1.807) is 18.2 Å². The summed E-state index contributed by atoms with van der Waals surface area (Å²) < 4.78 is 43.3. The molecule has 11 heteroatoms. The Morgan fingerprint density at radius 3 is 2.72 bits per heavy atom. The Labute approximate surface area is 182 Å². The van der Waals surface area contributed by atoms with Gasteiger partial charge >= 0.3 is 12.3 Å². The maximum Gasteiger partial charge on any atom is 0.407 e. The number of pyridine rings is 1. The summed E-state index contributed by atoms with van der Waals surface area (Å²) in [6, 6.07) is 5.15. The average Bonchev–Trinajstić information content (AvgIpc) is 3.09. The van der Waals surface area contributed by atoms with Crippen LogP contribution in [0.2, 0.25) is 0 Å². The zero-order valence-corrected chi connectivity index (χ0v) is 17.5. The van der Waals surface area contributed by atoms with Crippen LogP contribution >= 0.6 is 0 Å². The molecule has 8 nitrogen and oxygen atoms in total. The standard InChI is InChI=1S/C21H24F3N5O3/c1-12-2-3-14(10-25-12)18(30)26-17-9-16(28-29-17)13-4-5-15(8-13)32-19(31)27-20(6-7-20)11-21(22,23)24/h2-3,9-10,13,15H,4-8,11H2,1H3,(H,27,31)(H2,26,28,29,30)/t13-,15+/m0/s1. The maximum atomic E-state index is 12.6. The molecule has 0 saturated heterocycles. The zero-order valence-electron chi connectivity index (χ0n) is 17.5. The number of rotatable bonds is 6. The summed E-state index contributed by atoms with van der Waals surface area (Å²) in [5.41, 5.74) is 0.809. The van der Waals surface area contributed by atoms with Gasteiger partial charge in [-0.15, -0.1) is 0 Å². The van der Waals surface area contributed by atoms with Crippen LogP contribution in [0.3, 0.4) is 0 Å². The van der Waals surface area contributed by atoms with E-state index >= 15 is 0 Å². The molecule has 3 N–H and O–H groups in total. The fraction of sp³-hybridized carbons (Fsp3) is 0.524. The van der Waals surface area contributed by atoms with Gasteiger partial charge in [-0.25, -0.2) is 4.79 Å². The highest BCUT2D eigenvalue weighted by Gasteiger charge is 2.52. The number of alkyl halides is 3. The number of halogens is 3. The number of aryl methyl sites for hydroxylation is 1. The average molecular weight is 451 g/mol. The van der Waals surface area contributed by atoms with Crippen LogP contribution in [0.4, 0.5) is 23.8 Å². The van der Waals surface area contributed by atoms with Crippen molar-refractivity contribution >= 4 is 17.8 Å². The minimum atomic E-state index is -4.33. The minimum absolute atomic E-state index is 0.0389. The van der Waals surface area contributed by atoms with Crippen LogP contribution < -0.4 is 10.6 Å². The van der Waals surface area contributed by atoms with Gasteiger partial charge in [-0.05, 0) is 51.2 Å². The van der Waals surface area contributed by atoms with Crippen molar-refractivity contribution in [1.82, 2.24) is 20.5 Å². The summed E-state index contributed by atoms with van der Waals surface area (Å²) in [5, 5.41) is 12.1. The Bertz CT molecular complexity index is 985. The van der Waals surface area contributed by atoms with Gasteiger partial charge in [-0.3, -0.25) is 14.9 Å². The molecule has 2 fully saturated rings. The van der Waals surface area contributed by atoms with E-state index in [0.29, 0.717) is 37.1 Å². The second kappa shape index (κ2) is 8.44. The molecule has 2 aliphatic carbocycles. The topological polar surface area (TPSA) is 109 Å². The highest BCUT2D eigenvalue weighted by atomic mass is 19.4. The van der Waals surface area contributed by atoms with Gasteiger partial charge in [-0.2, -0.15) is 18.3 Å². The molecule has 172 valence electrons. The Kier molecular flexibility index (Phi) is 5.83. The molecule has 0 aliphatic heterocycles. The highest BCUT2D eigenvalue weighted by molar-refractivity contribution is 6.03. The number of hydrogen-bond acceptors (Lipinski definition) is 5. The summed E-state index contributed by atoms with van der Waals surface area (Å²) in [5.74, 6) is 0.0836. The number of anilines is 1. The first-order valence-electron chi connectivity index (χ1n) is 10.5. The van der Waals surface area contributed by atoms with E-state index < -0.39 is 24.2 Å². The summed E-state index contributed by atoms with van der Waals surface area (Å²) in [6.45, 7) is 1.83. The molecular weight excluding hydrogens is 427 g/mol. The number of amides is 2. The Balaban J connectivity index is 1.27. The number of aromatic nitrogens is 3. The number of aromatic amines is 1. The summed E-state index contributed by atoms with van der Waals surface area (Å²) in [6.07, 6.45) is -2.62. The smallest absolute Gasteiger partial charge is 0.407 e. The molecule has 4 rings (SSSR count). The van der Waals surface area contributed by atoms with Gasteiger partial charge in [-0.1, -0.05) is 0 Å². The third-order valence-corrected chi connectivity index (χ3v) is 5.87. The molecule has 2 heterocycles. The number of carbonyl (C=O) groups excluding carboxylic acids is 2. The van der Waals surface area contributed by atoms with E-state index in [1.807, 2.05) is 6.92 Å². The quantitative estimate of drug-likeness (QED) is 0.610. The van der Waals surface area contributed by atoms with Crippen molar-refractivity contribution in [2.75, 3.05) is 5.32 Å². The van der Waals surface area contributed by atoms with Crippen molar-refractivity contribution in [2.45, 2.75) is 69.2 Å². The van der Waals surface area contributed by atoms with Crippen molar-refractivity contribution in [3.05, 3.63) is 41.3 Å². The second-order valence-electron chi connectivity index (χ2n) is 8.59. The van der Waals surface area contributed by atoms with Crippen LogP contribution in [-0.4, -0.2) is 45.0 Å². The maximum absolute atomic E-state index is 12.6. The van der Waals surface area contributed by atoms with Gasteiger partial charge < -0.3 is 15.4 Å². The van der Waals surface area contributed by atoms with Crippen LogP contribution in [0.1, 0.15) is 66.2 Å². The lowest BCUT2D eigenvalue weighted by molar-refractivity contribution is -0.141. The number of hydrogen-bond donors (Lipinski definition) is 3. The van der Waals surface area contributed by atoms with E-state index in [2.05, 4.69) is 25.8 Å². The fourth-order valence-corrected chi connectivity index (χ4v) is 4.01. The number of nitrogens with zero attached hydrogens (tertiary/aromatic N) is 2. The molecular formula is C21H24F3N5O3. The number of ether oxygens (including phenoxy) is 1. The van der Waals surface area contributed by atoms with E-state index in [4.69, 9.17) is 4.74 Å². The lowest BCUT2D eigenvalue weighted by Gasteiger charge is -2.20. The third-order valence-electron chi connectivity index (χ3n) is 5.87. The molecule has 32 heavy (non-hydrogen) atoms. The van der Waals surface area contributed by atoms with E-state index in [1.165, 1.54) is 6.20 Å². The largest absolute Gasteiger partial charge is 0.446 e. The van der Waals surface area contributed by atoms with Crippen molar-refractivity contribution in [3.63, 3.8) is 0 Å². The van der Waals surface area contributed by atoms with Crippen molar-refractivity contribution in [1.29, 1.82) is 0 Å². The molecule has 2 saturated carbocycles. The van der Waals surface area contributed by atoms with Gasteiger partial charge in [0.25, 0.3) is 5.91 Å². The van der Waals surface area contributed by atoms with Gasteiger partial charge in [0.15, 0.2) is 5.82 Å². The molecule has 0 bridgehead atoms. The van der Waals surface area contributed by atoms with Crippen molar-refractivity contribution < 1.29 is 27.5 Å². The van der Waals surface area contributed by atoms with Crippen molar-refractivity contribution in [3.8, 4) is 0 Å². The first-order chi connectivity index (χ1) is 15.1. The lowest BCUT2D eigenvalue weighted by atomic mass is 10.0. The molecule has 2 aromatic rings. The molecule has 2 amide bonds. The number of alkyl carbamates (subject to hydrolysis) is 1. The lowest BCUT2D eigenvalue weighted by Crippen LogP contribution is -2.41. The van der Waals surface area contributed by atoms with Crippen molar-refractivity contribution in [2.24, 2.45) is 0 Å². The molecule has 0 unspecified atom stereocenters. The Morgan fingerprint density at radius 2 is 2.06 bits per heavy atom. The van der Waals surface area contributed by atoms with Crippen LogP contribution in [0.25, 0.3) is 0 Å². The Hall–Kier alpha value is -3.11. The Morgan fingerprint density at radius 1 is 1.28 bits per heavy atom. The number of H-pyrrole nitrogens is 1. The monoisotopic (exact) mass is 451 g/mol. The van der Waals surface area contributed by atoms with E-state index in [0.717, 1.165) is 17.8 Å². The van der Waals surface area contributed by atoms with Crippen LogP contribution in [0.5, 0.6) is 0 Å². The molecule has 2 aliphatic rings. The second-order valence-corrected chi connectivity index (χ2v) is 8.59. The summed E-state index contributed by atoms with van der Waals surface area (Å²) in [4.78, 5) is 28.5. The van der Waals surface area contributed by atoms with E-state index in [9.17, 15) is 22.8 Å². The first-order valence-corrected chi connectivity index (χ1v) is 10.5. The number of nitrogens with one attached hydrogen (secondary N) is 3. The summed E-state index contributed by atoms with van der Waals surface area (Å²) >= 11 is 0. The predicted molar refractivity (Wildman–Crippen MR) is 108 cm³/mol. The summed E-state index contributed by atoms with van der Waals surface area (Å²) in [7, 11) is 0. The molecule has 0 spiro atoms. The highest BCUT2D eigenvalue weighted by Crippen LogP contribution is 2.44. The molecule has 2 atom stereocenters. The normalized spacial score (nSPS) is 21.8. The van der Waals surface area contributed by atoms with Gasteiger partial charge in [0.1, 0.15) is 6.10 Å². The van der Waals surface area contributed by atoms with Crippen LogP contribution in [0, 0.1) is 6.92 Å². The fourth-order valence-electron chi connectivity index (χ4n) is 4.01. The zero-order chi connectivity index (χ0) is 22.9. The van der Waals surface area contributed by atoms with Gasteiger partial charge in [0.2, 0.25) is 0 Å². The van der Waals surface area contributed by atoms with Gasteiger partial charge in [0, 0.05) is 29.6 Å². The molecule has 2 aromatic heterocycles. The van der Waals surface area contributed by atoms with Crippen LogP contribution in [0.15, 0.2) is 24.4 Å². The predicted octanol–water partition coefficient (Wildman–Crippen LogP) is 4.21. The third kappa shape index (κ3) is 5.57. The van der Waals surface area contributed by atoms with Crippen LogP contribution in [-0.2, 0) is 4.74 Å².